The molecule has 36 heavy (non-hydrogen) atoms. The van der Waals surface area contributed by atoms with Crippen LogP contribution in [0.2, 0.25) is 0 Å². The fourth-order valence-electron chi connectivity index (χ4n) is 3.33. The Morgan fingerprint density at radius 2 is 1.19 bits per heavy atom. The summed E-state index contributed by atoms with van der Waals surface area (Å²) in [5, 5.41) is 25.3. The van der Waals surface area contributed by atoms with E-state index in [4.69, 9.17) is 0 Å². The zero-order valence-electron chi connectivity index (χ0n) is 19.2. The van der Waals surface area contributed by atoms with Gasteiger partial charge in [-0.15, -0.1) is 0 Å². The first-order valence-electron chi connectivity index (χ1n) is 10.9. The Kier molecular flexibility index (Phi) is 7.21. The summed E-state index contributed by atoms with van der Waals surface area (Å²) in [6.07, 6.45) is 6.95. The highest BCUT2D eigenvalue weighted by Crippen LogP contribution is 2.20. The van der Waals surface area contributed by atoms with Crippen LogP contribution in [0.25, 0.3) is 24.3 Å². The van der Waals surface area contributed by atoms with E-state index < -0.39 is 9.85 Å². The highest BCUT2D eigenvalue weighted by Gasteiger charge is 2.07. The van der Waals surface area contributed by atoms with Crippen molar-refractivity contribution < 1.29 is 9.85 Å². The lowest BCUT2D eigenvalue weighted by Crippen LogP contribution is -2.00. The van der Waals surface area contributed by atoms with Crippen LogP contribution in [0.1, 0.15) is 28.1 Å². The van der Waals surface area contributed by atoms with Gasteiger partial charge in [-0.3, -0.25) is 20.2 Å². The molecule has 9 nitrogen and oxygen atoms in total. The predicted octanol–water partition coefficient (Wildman–Crippen LogP) is 6.69. The molecular formula is C27H21N5O4. The number of benzene rings is 3. The SMILES string of the molecule is Cc1ccc(Nc2nc(/C=C/c3cccc([N+](=O)[O-])c3)cc(/C=C/c3cccc([N+](=O)[O-])c3)n2)cc1. The van der Waals surface area contributed by atoms with E-state index in [1.807, 2.05) is 31.2 Å². The van der Waals surface area contributed by atoms with E-state index in [0.29, 0.717) is 28.5 Å². The van der Waals surface area contributed by atoms with Gasteiger partial charge >= 0.3 is 0 Å². The van der Waals surface area contributed by atoms with Gasteiger partial charge in [-0.2, -0.15) is 0 Å². The van der Waals surface area contributed by atoms with Crippen molar-refractivity contribution in [1.82, 2.24) is 9.97 Å². The van der Waals surface area contributed by atoms with Crippen LogP contribution in [-0.4, -0.2) is 19.8 Å². The lowest BCUT2D eigenvalue weighted by molar-refractivity contribution is -0.385. The van der Waals surface area contributed by atoms with Crippen LogP contribution < -0.4 is 5.32 Å². The Hall–Kier alpha value is -5.18. The molecule has 3 aromatic carbocycles. The summed E-state index contributed by atoms with van der Waals surface area (Å²) in [6.45, 7) is 2.00. The Bertz CT molecular complexity index is 1390. The van der Waals surface area contributed by atoms with Gasteiger partial charge in [-0.05, 0) is 48.4 Å². The number of aromatic nitrogens is 2. The van der Waals surface area contributed by atoms with Crippen LogP contribution in [0.3, 0.4) is 0 Å². The number of hydrogen-bond acceptors (Lipinski definition) is 7. The van der Waals surface area contributed by atoms with E-state index >= 15 is 0 Å². The number of nitro groups is 2. The zero-order valence-corrected chi connectivity index (χ0v) is 19.2. The maximum Gasteiger partial charge on any atom is 0.270 e. The van der Waals surface area contributed by atoms with E-state index in [1.54, 1.807) is 54.6 Å². The quantitative estimate of drug-likeness (QED) is 0.221. The number of rotatable bonds is 8. The van der Waals surface area contributed by atoms with Crippen molar-refractivity contribution in [1.29, 1.82) is 0 Å². The standard InChI is InChI=1S/C27H21N5O4/c1-19-8-12-22(13-9-19)28-27-29-23(14-10-20-4-2-6-25(16-20)31(33)34)18-24(30-27)15-11-21-5-3-7-26(17-21)32(35)36/h2-18H,1H3,(H,28,29,30)/b14-10+,15-11+. The highest BCUT2D eigenvalue weighted by molar-refractivity contribution is 5.74. The fourth-order valence-corrected chi connectivity index (χ4v) is 3.33. The van der Waals surface area contributed by atoms with E-state index in [9.17, 15) is 20.2 Å². The van der Waals surface area contributed by atoms with Crippen LogP contribution >= 0.6 is 0 Å². The molecule has 0 radical (unpaired) electrons. The number of nitrogens with zero attached hydrogens (tertiary/aromatic N) is 4. The summed E-state index contributed by atoms with van der Waals surface area (Å²) >= 11 is 0. The monoisotopic (exact) mass is 479 g/mol. The normalized spacial score (nSPS) is 11.1. The number of nitrogens with one attached hydrogen (secondary N) is 1. The van der Waals surface area contributed by atoms with Crippen molar-refractivity contribution in [3.05, 3.63) is 127 Å². The largest absolute Gasteiger partial charge is 0.324 e. The molecule has 1 N–H and O–H groups in total. The molecule has 0 spiro atoms. The van der Waals surface area contributed by atoms with Crippen molar-refractivity contribution in [3.63, 3.8) is 0 Å². The van der Waals surface area contributed by atoms with Gasteiger partial charge in [-0.1, -0.05) is 54.1 Å². The molecular weight excluding hydrogens is 458 g/mol. The van der Waals surface area contributed by atoms with E-state index in [2.05, 4.69) is 15.3 Å². The Balaban J connectivity index is 1.67. The molecule has 0 saturated carbocycles. The molecule has 1 aromatic heterocycles. The molecule has 1 heterocycles. The summed E-state index contributed by atoms with van der Waals surface area (Å²) in [7, 11) is 0. The van der Waals surface area contributed by atoms with E-state index in [1.165, 1.54) is 24.3 Å². The third-order valence-electron chi connectivity index (χ3n) is 5.13. The average molecular weight is 479 g/mol. The van der Waals surface area contributed by atoms with E-state index in [0.717, 1.165) is 11.3 Å². The van der Waals surface area contributed by atoms with Gasteiger partial charge in [0.25, 0.3) is 11.4 Å². The molecule has 0 atom stereocenters. The second-order valence-corrected chi connectivity index (χ2v) is 7.90. The smallest absolute Gasteiger partial charge is 0.270 e. The maximum atomic E-state index is 11.1. The summed E-state index contributed by atoms with van der Waals surface area (Å²) in [4.78, 5) is 30.3. The number of aryl methyl sites for hydroxylation is 1. The van der Waals surface area contributed by atoms with Crippen LogP contribution in [-0.2, 0) is 0 Å². The summed E-state index contributed by atoms with van der Waals surface area (Å²) < 4.78 is 0. The molecule has 0 aliphatic rings. The van der Waals surface area contributed by atoms with Crippen LogP contribution in [0, 0.1) is 27.2 Å². The molecule has 0 amide bonds. The Morgan fingerprint density at radius 3 is 1.67 bits per heavy atom. The van der Waals surface area contributed by atoms with E-state index in [-0.39, 0.29) is 11.4 Å². The van der Waals surface area contributed by atoms with Crippen LogP contribution in [0.15, 0.2) is 78.9 Å². The molecule has 0 aliphatic heterocycles. The lowest BCUT2D eigenvalue weighted by atomic mass is 10.1. The molecule has 0 fully saturated rings. The third-order valence-corrected chi connectivity index (χ3v) is 5.13. The molecule has 0 unspecified atom stereocenters. The minimum absolute atomic E-state index is 0.00198. The number of anilines is 2. The molecule has 0 aliphatic carbocycles. The fraction of sp³-hybridized carbons (Fsp3) is 0.0370. The van der Waals surface area contributed by atoms with Gasteiger partial charge in [0.15, 0.2) is 0 Å². The van der Waals surface area contributed by atoms with Crippen molar-refractivity contribution in [2.75, 3.05) is 5.32 Å². The minimum atomic E-state index is -0.442. The number of non-ortho nitro benzene ring substituents is 2. The van der Waals surface area contributed by atoms with Crippen LogP contribution in [0.5, 0.6) is 0 Å². The summed E-state index contributed by atoms with van der Waals surface area (Å²) in [5.41, 5.74) is 4.40. The predicted molar refractivity (Wildman–Crippen MR) is 141 cm³/mol. The minimum Gasteiger partial charge on any atom is -0.324 e. The van der Waals surface area contributed by atoms with Gasteiger partial charge in [0.05, 0.1) is 21.2 Å². The lowest BCUT2D eigenvalue weighted by Gasteiger charge is -2.07. The summed E-state index contributed by atoms with van der Waals surface area (Å²) in [6, 6.07) is 22.1. The molecule has 178 valence electrons. The van der Waals surface area contributed by atoms with Crippen molar-refractivity contribution in [3.8, 4) is 0 Å². The molecule has 9 heteroatoms. The molecule has 0 bridgehead atoms. The van der Waals surface area contributed by atoms with Gasteiger partial charge in [0.1, 0.15) is 0 Å². The van der Waals surface area contributed by atoms with Gasteiger partial charge in [0.2, 0.25) is 5.95 Å². The number of hydrogen-bond donors (Lipinski definition) is 1. The average Bonchev–Trinajstić information content (AvgIpc) is 2.88. The van der Waals surface area contributed by atoms with Crippen molar-refractivity contribution in [2.45, 2.75) is 6.92 Å². The van der Waals surface area contributed by atoms with Crippen molar-refractivity contribution >= 4 is 47.3 Å². The van der Waals surface area contributed by atoms with Gasteiger partial charge in [0, 0.05) is 30.0 Å². The summed E-state index contributed by atoms with van der Waals surface area (Å²) in [5.74, 6) is 0.360. The zero-order chi connectivity index (χ0) is 25.5. The van der Waals surface area contributed by atoms with Crippen LogP contribution in [0.4, 0.5) is 23.0 Å². The molecule has 4 rings (SSSR count). The first kappa shape index (κ1) is 24.0. The Labute approximate surface area is 206 Å². The topological polar surface area (TPSA) is 124 Å². The molecule has 0 saturated heterocycles. The van der Waals surface area contributed by atoms with Gasteiger partial charge in [-0.25, -0.2) is 9.97 Å². The van der Waals surface area contributed by atoms with Crippen molar-refractivity contribution in [2.24, 2.45) is 0 Å². The second-order valence-electron chi connectivity index (χ2n) is 7.90. The van der Waals surface area contributed by atoms with Gasteiger partial charge < -0.3 is 5.32 Å². The maximum absolute atomic E-state index is 11.1. The Morgan fingerprint density at radius 1 is 0.694 bits per heavy atom. The second kappa shape index (κ2) is 10.8. The third kappa shape index (κ3) is 6.45. The first-order chi connectivity index (χ1) is 17.4. The highest BCUT2D eigenvalue weighted by atomic mass is 16.6. The first-order valence-corrected chi connectivity index (χ1v) is 10.9. The molecule has 4 aromatic rings. The number of nitro benzene ring substituents is 2.